The molecule has 2 heterocycles. The quantitative estimate of drug-likeness (QED) is 0.545. The number of para-hydroxylation sites is 2. The summed E-state index contributed by atoms with van der Waals surface area (Å²) >= 11 is 1.27. The van der Waals surface area contributed by atoms with Crippen LogP contribution in [0.2, 0.25) is 0 Å². The fourth-order valence-corrected chi connectivity index (χ4v) is 3.45. The molecule has 1 N–H and O–H groups in total. The fraction of sp³-hybridized carbons (Fsp3) is 0.105. The Hall–Kier alpha value is -3.39. The van der Waals surface area contributed by atoms with Crippen LogP contribution in [0.25, 0.3) is 21.3 Å². The summed E-state index contributed by atoms with van der Waals surface area (Å²) in [6, 6.07) is 12.4. The summed E-state index contributed by atoms with van der Waals surface area (Å²) < 4.78 is 5.78. The third-order valence-electron chi connectivity index (χ3n) is 3.80. The Kier molecular flexibility index (Phi) is 4.47. The van der Waals surface area contributed by atoms with E-state index in [0.717, 1.165) is 10.2 Å². The lowest BCUT2D eigenvalue weighted by molar-refractivity contribution is 0.0526. The molecule has 8 heteroatoms. The zero-order chi connectivity index (χ0) is 18.8. The number of aromatic nitrogens is 3. The first-order valence-corrected chi connectivity index (χ1v) is 9.06. The highest BCUT2D eigenvalue weighted by atomic mass is 32.1. The number of hydrogen-bond acceptors (Lipinski definition) is 7. The van der Waals surface area contributed by atoms with Crippen molar-refractivity contribution in [2.75, 3.05) is 11.9 Å². The summed E-state index contributed by atoms with van der Waals surface area (Å²) in [6.45, 7) is 2.07. The Bertz CT molecular complexity index is 1170. The number of carbonyl (C=O) groups is 2. The van der Waals surface area contributed by atoms with E-state index in [1.165, 1.54) is 17.5 Å². The molecular weight excluding hydrogens is 364 g/mol. The maximum Gasteiger partial charge on any atom is 0.338 e. The molecule has 2 aromatic heterocycles. The number of amides is 1. The standard InChI is InChI=1S/C19H14N4O3S/c1-2-26-18(25)11-7-8-14-16(9-11)27-19(22-14)23-17(24)15-10-20-12-5-3-4-6-13(12)21-15/h3-10H,2H2,1H3,(H,22,23,24). The van der Waals surface area contributed by atoms with Crippen LogP contribution in [0.5, 0.6) is 0 Å². The van der Waals surface area contributed by atoms with Gasteiger partial charge in [-0.3, -0.25) is 15.1 Å². The van der Waals surface area contributed by atoms with Gasteiger partial charge in [-0.2, -0.15) is 0 Å². The first-order chi connectivity index (χ1) is 13.1. The lowest BCUT2D eigenvalue weighted by Gasteiger charge is -2.02. The van der Waals surface area contributed by atoms with Gasteiger partial charge in [0.1, 0.15) is 5.69 Å². The molecule has 0 radical (unpaired) electrons. The predicted molar refractivity (Wildman–Crippen MR) is 103 cm³/mol. The van der Waals surface area contributed by atoms with Crippen LogP contribution >= 0.6 is 11.3 Å². The third kappa shape index (κ3) is 3.47. The van der Waals surface area contributed by atoms with Crippen molar-refractivity contribution in [1.29, 1.82) is 0 Å². The first kappa shape index (κ1) is 17.0. The van der Waals surface area contributed by atoms with Crippen LogP contribution in [0, 0.1) is 0 Å². The Morgan fingerprint density at radius 3 is 2.70 bits per heavy atom. The van der Waals surface area contributed by atoms with E-state index in [2.05, 4.69) is 20.3 Å². The fourth-order valence-electron chi connectivity index (χ4n) is 2.55. The van der Waals surface area contributed by atoms with Crippen LogP contribution in [0.3, 0.4) is 0 Å². The SMILES string of the molecule is CCOC(=O)c1ccc2nc(NC(=O)c3cnc4ccccc4n3)sc2c1. The maximum atomic E-state index is 12.5. The van der Waals surface area contributed by atoms with Gasteiger partial charge in [0.15, 0.2) is 5.13 Å². The Balaban J connectivity index is 1.58. The Labute approximate surface area is 158 Å². The molecule has 0 saturated heterocycles. The molecule has 0 fully saturated rings. The molecule has 134 valence electrons. The Morgan fingerprint density at radius 2 is 1.89 bits per heavy atom. The normalized spacial score (nSPS) is 10.9. The minimum absolute atomic E-state index is 0.208. The molecular formula is C19H14N4O3S. The molecule has 7 nitrogen and oxygen atoms in total. The summed E-state index contributed by atoms with van der Waals surface area (Å²) in [4.78, 5) is 37.3. The van der Waals surface area contributed by atoms with E-state index < -0.39 is 5.91 Å². The van der Waals surface area contributed by atoms with Gasteiger partial charge in [0.05, 0.1) is 39.6 Å². The number of rotatable bonds is 4. The molecule has 4 rings (SSSR count). The lowest BCUT2D eigenvalue weighted by atomic mass is 10.2. The van der Waals surface area contributed by atoms with E-state index in [0.29, 0.717) is 28.3 Å². The Morgan fingerprint density at radius 1 is 1.07 bits per heavy atom. The van der Waals surface area contributed by atoms with Crippen LogP contribution in [-0.4, -0.2) is 33.4 Å². The van der Waals surface area contributed by atoms with Crippen molar-refractivity contribution in [1.82, 2.24) is 15.0 Å². The lowest BCUT2D eigenvalue weighted by Crippen LogP contribution is -2.13. The molecule has 4 aromatic rings. The van der Waals surface area contributed by atoms with Gasteiger partial charge in [-0.25, -0.2) is 14.8 Å². The first-order valence-electron chi connectivity index (χ1n) is 8.25. The van der Waals surface area contributed by atoms with Gasteiger partial charge in [0, 0.05) is 0 Å². The zero-order valence-corrected chi connectivity index (χ0v) is 15.1. The van der Waals surface area contributed by atoms with Crippen LogP contribution in [0.1, 0.15) is 27.8 Å². The second kappa shape index (κ2) is 7.08. The smallest absolute Gasteiger partial charge is 0.338 e. The highest BCUT2D eigenvalue weighted by molar-refractivity contribution is 7.22. The van der Waals surface area contributed by atoms with Crippen molar-refractivity contribution in [3.8, 4) is 0 Å². The molecule has 0 unspecified atom stereocenters. The van der Waals surface area contributed by atoms with Crippen molar-refractivity contribution >= 4 is 49.6 Å². The topological polar surface area (TPSA) is 94.1 Å². The van der Waals surface area contributed by atoms with Crippen LogP contribution in [-0.2, 0) is 4.74 Å². The average molecular weight is 378 g/mol. The number of nitrogens with one attached hydrogen (secondary N) is 1. The van der Waals surface area contributed by atoms with Crippen LogP contribution < -0.4 is 5.32 Å². The van der Waals surface area contributed by atoms with E-state index in [4.69, 9.17) is 4.74 Å². The molecule has 0 aliphatic rings. The number of ether oxygens (including phenoxy) is 1. The molecule has 0 saturated carbocycles. The molecule has 0 aliphatic heterocycles. The summed E-state index contributed by atoms with van der Waals surface area (Å²) in [5.74, 6) is -0.775. The van der Waals surface area contributed by atoms with E-state index in [-0.39, 0.29) is 11.7 Å². The summed E-state index contributed by atoms with van der Waals surface area (Å²) in [7, 11) is 0. The van der Waals surface area contributed by atoms with Gasteiger partial charge in [-0.05, 0) is 37.3 Å². The number of hydrogen-bond donors (Lipinski definition) is 1. The molecule has 0 bridgehead atoms. The monoisotopic (exact) mass is 378 g/mol. The zero-order valence-electron chi connectivity index (χ0n) is 14.3. The largest absolute Gasteiger partial charge is 0.462 e. The second-order valence-corrected chi connectivity index (χ2v) is 6.65. The highest BCUT2D eigenvalue weighted by Crippen LogP contribution is 2.27. The maximum absolute atomic E-state index is 12.5. The number of esters is 1. The molecule has 2 aromatic carbocycles. The number of fused-ring (bicyclic) bond motifs is 2. The van der Waals surface area contributed by atoms with E-state index >= 15 is 0 Å². The van der Waals surface area contributed by atoms with Crippen molar-refractivity contribution < 1.29 is 14.3 Å². The van der Waals surface area contributed by atoms with Crippen molar-refractivity contribution in [2.45, 2.75) is 6.92 Å². The van der Waals surface area contributed by atoms with E-state index in [1.807, 2.05) is 18.2 Å². The molecule has 0 aliphatic carbocycles. The second-order valence-electron chi connectivity index (χ2n) is 5.62. The van der Waals surface area contributed by atoms with Crippen LogP contribution in [0.4, 0.5) is 5.13 Å². The highest BCUT2D eigenvalue weighted by Gasteiger charge is 2.14. The van der Waals surface area contributed by atoms with Crippen molar-refractivity contribution in [2.24, 2.45) is 0 Å². The van der Waals surface area contributed by atoms with Gasteiger partial charge in [-0.1, -0.05) is 23.5 Å². The minimum Gasteiger partial charge on any atom is -0.462 e. The van der Waals surface area contributed by atoms with E-state index in [9.17, 15) is 9.59 Å². The number of carbonyl (C=O) groups excluding carboxylic acids is 2. The van der Waals surface area contributed by atoms with Gasteiger partial charge < -0.3 is 4.74 Å². The summed E-state index contributed by atoms with van der Waals surface area (Å²) in [5, 5.41) is 3.16. The number of anilines is 1. The minimum atomic E-state index is -0.391. The van der Waals surface area contributed by atoms with Gasteiger partial charge in [0.2, 0.25) is 0 Å². The third-order valence-corrected chi connectivity index (χ3v) is 4.73. The molecule has 27 heavy (non-hydrogen) atoms. The number of benzene rings is 2. The van der Waals surface area contributed by atoms with E-state index in [1.54, 1.807) is 31.2 Å². The summed E-state index contributed by atoms with van der Waals surface area (Å²) in [6.07, 6.45) is 1.43. The molecule has 1 amide bonds. The number of nitrogens with zero attached hydrogens (tertiary/aromatic N) is 3. The predicted octanol–water partition coefficient (Wildman–Crippen LogP) is 3.67. The van der Waals surface area contributed by atoms with Gasteiger partial charge in [0.25, 0.3) is 5.91 Å². The number of thiazole rings is 1. The molecule has 0 atom stereocenters. The van der Waals surface area contributed by atoms with Crippen LogP contribution in [0.15, 0.2) is 48.7 Å². The van der Waals surface area contributed by atoms with Crippen molar-refractivity contribution in [3.05, 3.63) is 59.9 Å². The molecule has 0 spiro atoms. The summed E-state index contributed by atoms with van der Waals surface area (Å²) in [5.41, 5.74) is 2.72. The average Bonchev–Trinajstić information content (AvgIpc) is 3.09. The van der Waals surface area contributed by atoms with Gasteiger partial charge in [-0.15, -0.1) is 0 Å². The van der Waals surface area contributed by atoms with Gasteiger partial charge >= 0.3 is 5.97 Å². The van der Waals surface area contributed by atoms with Crippen molar-refractivity contribution in [3.63, 3.8) is 0 Å².